The zero-order chi connectivity index (χ0) is 15.1. The van der Waals surface area contributed by atoms with Crippen LogP contribution in [0.3, 0.4) is 0 Å². The Kier molecular flexibility index (Phi) is 2.82. The topological polar surface area (TPSA) is 43.9 Å². The minimum Gasteiger partial charge on any atom is -0.416 e. The van der Waals surface area contributed by atoms with Gasteiger partial charge >= 0.3 is 0 Å². The van der Waals surface area contributed by atoms with E-state index in [0.717, 1.165) is 11.1 Å². The highest BCUT2D eigenvalue weighted by molar-refractivity contribution is 5.87. The van der Waals surface area contributed by atoms with E-state index in [1.54, 1.807) is 0 Å². The number of rotatable bonds is 2. The Bertz CT molecular complexity index is 951. The number of nitrogens with zero attached hydrogens (tertiary/aromatic N) is 3. The number of benzene rings is 2. The molecule has 0 amide bonds. The lowest BCUT2D eigenvalue weighted by atomic mass is 10.1. The van der Waals surface area contributed by atoms with Crippen molar-refractivity contribution in [3.05, 3.63) is 60.3 Å². The van der Waals surface area contributed by atoms with Crippen molar-refractivity contribution in [1.29, 1.82) is 0 Å². The maximum Gasteiger partial charge on any atom is 0.248 e. The summed E-state index contributed by atoms with van der Waals surface area (Å²) in [5.74, 6) is 1.09. The van der Waals surface area contributed by atoms with Gasteiger partial charge in [0.1, 0.15) is 0 Å². The Hall–Kier alpha value is -2.88. The van der Waals surface area contributed by atoms with Crippen molar-refractivity contribution in [3.8, 4) is 22.9 Å². The molecule has 22 heavy (non-hydrogen) atoms. The van der Waals surface area contributed by atoms with Gasteiger partial charge in [-0.2, -0.15) is 0 Å². The molecule has 4 aromatic rings. The van der Waals surface area contributed by atoms with Crippen LogP contribution >= 0.6 is 0 Å². The Balaban J connectivity index is 1.79. The van der Waals surface area contributed by atoms with Crippen molar-refractivity contribution in [2.45, 2.75) is 6.92 Å². The molecule has 0 aliphatic rings. The second-order valence-corrected chi connectivity index (χ2v) is 5.43. The van der Waals surface area contributed by atoms with Gasteiger partial charge < -0.3 is 8.98 Å². The average Bonchev–Trinajstić information content (AvgIpc) is 3.14. The highest BCUT2D eigenvalue weighted by atomic mass is 16.4. The number of hydrogen-bond acceptors (Lipinski definition) is 3. The molecule has 0 radical (unpaired) electrons. The minimum absolute atomic E-state index is 0.542. The van der Waals surface area contributed by atoms with Gasteiger partial charge in [0.05, 0.1) is 0 Å². The van der Waals surface area contributed by atoms with Crippen molar-refractivity contribution >= 4 is 10.9 Å². The third-order valence-electron chi connectivity index (χ3n) is 3.88. The first-order valence-electron chi connectivity index (χ1n) is 7.17. The predicted molar refractivity (Wildman–Crippen MR) is 86.4 cm³/mol. The van der Waals surface area contributed by atoms with Crippen LogP contribution in [0, 0.1) is 6.92 Å². The smallest absolute Gasteiger partial charge is 0.248 e. The molecule has 0 N–H and O–H groups in total. The van der Waals surface area contributed by atoms with E-state index in [-0.39, 0.29) is 0 Å². The fourth-order valence-electron chi connectivity index (χ4n) is 2.76. The lowest BCUT2D eigenvalue weighted by Gasteiger charge is -1.99. The highest BCUT2D eigenvalue weighted by Crippen LogP contribution is 2.28. The minimum atomic E-state index is 0.542. The summed E-state index contributed by atoms with van der Waals surface area (Å²) in [6, 6.07) is 16.0. The van der Waals surface area contributed by atoms with Gasteiger partial charge in [-0.3, -0.25) is 0 Å². The first kappa shape index (κ1) is 12.8. The highest BCUT2D eigenvalue weighted by Gasteiger charge is 2.12. The molecule has 0 spiro atoms. The van der Waals surface area contributed by atoms with Gasteiger partial charge in [-0.15, -0.1) is 10.2 Å². The average molecular weight is 289 g/mol. The van der Waals surface area contributed by atoms with Crippen LogP contribution < -0.4 is 0 Å². The zero-order valence-corrected chi connectivity index (χ0v) is 12.4. The summed E-state index contributed by atoms with van der Waals surface area (Å²) in [6.45, 7) is 2.11. The van der Waals surface area contributed by atoms with E-state index in [0.29, 0.717) is 11.8 Å². The van der Waals surface area contributed by atoms with Gasteiger partial charge in [0.25, 0.3) is 0 Å². The molecule has 4 nitrogen and oxygen atoms in total. The normalized spacial score (nSPS) is 11.2. The molecule has 108 valence electrons. The molecule has 0 bridgehead atoms. The third kappa shape index (κ3) is 2.00. The molecule has 0 saturated carbocycles. The quantitative estimate of drug-likeness (QED) is 0.555. The fraction of sp³-hybridized carbons (Fsp3) is 0.111. The fourth-order valence-corrected chi connectivity index (χ4v) is 2.76. The summed E-state index contributed by atoms with van der Waals surface area (Å²) >= 11 is 0. The van der Waals surface area contributed by atoms with Crippen molar-refractivity contribution in [3.63, 3.8) is 0 Å². The van der Waals surface area contributed by atoms with Gasteiger partial charge in [0.2, 0.25) is 11.8 Å². The van der Waals surface area contributed by atoms with Crippen molar-refractivity contribution in [2.75, 3.05) is 0 Å². The molecule has 2 aromatic carbocycles. The van der Waals surface area contributed by atoms with Crippen LogP contribution in [0.15, 0.2) is 59.1 Å². The van der Waals surface area contributed by atoms with Gasteiger partial charge in [0.15, 0.2) is 0 Å². The van der Waals surface area contributed by atoms with Gasteiger partial charge in [-0.25, -0.2) is 0 Å². The number of hydrogen-bond donors (Lipinski definition) is 0. The van der Waals surface area contributed by atoms with Crippen LogP contribution in [0.4, 0.5) is 0 Å². The van der Waals surface area contributed by atoms with Crippen LogP contribution in [0.25, 0.3) is 33.8 Å². The molecule has 4 heteroatoms. The van der Waals surface area contributed by atoms with Crippen LogP contribution in [0.1, 0.15) is 5.56 Å². The molecular formula is C18H15N3O. The van der Waals surface area contributed by atoms with E-state index in [4.69, 9.17) is 4.42 Å². The molecule has 2 aromatic heterocycles. The molecule has 0 aliphatic heterocycles. The van der Waals surface area contributed by atoms with E-state index >= 15 is 0 Å². The first-order valence-corrected chi connectivity index (χ1v) is 7.17. The Morgan fingerprint density at radius 3 is 2.41 bits per heavy atom. The van der Waals surface area contributed by atoms with Crippen LogP contribution in [-0.2, 0) is 7.05 Å². The predicted octanol–water partition coefficient (Wildman–Crippen LogP) is 4.20. The van der Waals surface area contributed by atoms with Crippen LogP contribution in [0.5, 0.6) is 0 Å². The second-order valence-electron chi connectivity index (χ2n) is 5.43. The van der Waals surface area contributed by atoms with Crippen molar-refractivity contribution in [2.24, 2.45) is 7.05 Å². The molecule has 0 fully saturated rings. The Morgan fingerprint density at radius 2 is 1.64 bits per heavy atom. The monoisotopic (exact) mass is 289 g/mol. The van der Waals surface area contributed by atoms with Crippen molar-refractivity contribution in [1.82, 2.24) is 14.8 Å². The van der Waals surface area contributed by atoms with Gasteiger partial charge in [-0.05, 0) is 42.8 Å². The van der Waals surface area contributed by atoms with E-state index in [1.807, 2.05) is 36.4 Å². The summed E-state index contributed by atoms with van der Waals surface area (Å²) in [7, 11) is 2.05. The van der Waals surface area contributed by atoms with Crippen LogP contribution in [-0.4, -0.2) is 14.8 Å². The molecular weight excluding hydrogens is 274 g/mol. The Morgan fingerprint density at radius 1 is 0.909 bits per heavy atom. The van der Waals surface area contributed by atoms with Crippen LogP contribution in [0.2, 0.25) is 0 Å². The summed E-state index contributed by atoms with van der Waals surface area (Å²) in [4.78, 5) is 0. The largest absolute Gasteiger partial charge is 0.416 e. The molecule has 0 unspecified atom stereocenters. The number of aromatic nitrogens is 3. The molecule has 2 heterocycles. The maximum absolute atomic E-state index is 5.82. The first-order chi connectivity index (χ1) is 10.7. The molecule has 0 saturated heterocycles. The number of fused-ring (bicyclic) bond motifs is 1. The van der Waals surface area contributed by atoms with E-state index in [2.05, 4.69) is 47.1 Å². The summed E-state index contributed by atoms with van der Waals surface area (Å²) in [6.07, 6.45) is 2.12. The van der Waals surface area contributed by atoms with Gasteiger partial charge in [0, 0.05) is 35.3 Å². The number of aryl methyl sites for hydroxylation is 2. The maximum atomic E-state index is 5.82. The Labute approximate surface area is 128 Å². The lowest BCUT2D eigenvalue weighted by Crippen LogP contribution is -1.84. The lowest BCUT2D eigenvalue weighted by molar-refractivity contribution is 0.584. The standard InChI is InChI=1S/C18H15N3O/c1-12-11-21(2)16-9-8-14(10-15(12)16)18-20-19-17(22-18)13-6-4-3-5-7-13/h3-11H,1-2H3. The molecule has 0 aliphatic carbocycles. The summed E-state index contributed by atoms with van der Waals surface area (Å²) in [5, 5.41) is 9.54. The SMILES string of the molecule is Cc1cn(C)c2ccc(-c3nnc(-c4ccccc4)o3)cc12. The summed E-state index contributed by atoms with van der Waals surface area (Å²) in [5.41, 5.74) is 4.31. The summed E-state index contributed by atoms with van der Waals surface area (Å²) < 4.78 is 7.94. The van der Waals surface area contributed by atoms with E-state index < -0.39 is 0 Å². The second kappa shape index (κ2) is 4.84. The van der Waals surface area contributed by atoms with Crippen molar-refractivity contribution < 1.29 is 4.42 Å². The molecule has 4 rings (SSSR count). The molecule has 0 atom stereocenters. The van der Waals surface area contributed by atoms with Gasteiger partial charge in [-0.1, -0.05) is 18.2 Å². The zero-order valence-electron chi connectivity index (χ0n) is 12.4. The van der Waals surface area contributed by atoms with E-state index in [9.17, 15) is 0 Å². The third-order valence-corrected chi connectivity index (χ3v) is 3.88. The van der Waals surface area contributed by atoms with E-state index in [1.165, 1.54) is 16.5 Å².